The van der Waals surface area contributed by atoms with Crippen molar-refractivity contribution in [3.63, 3.8) is 0 Å². The number of carbonyl (C=O) groups is 2. The van der Waals surface area contributed by atoms with Crippen LogP contribution in [-0.4, -0.2) is 22.0 Å². The number of anilines is 1. The van der Waals surface area contributed by atoms with Crippen molar-refractivity contribution in [2.45, 2.75) is 35.4 Å². The first kappa shape index (κ1) is 30.3. The van der Waals surface area contributed by atoms with Gasteiger partial charge in [0.15, 0.2) is 0 Å². The SMILES string of the molecule is O=C1[C@H]2[C@H]3C[C@@H]([C@@H]2C(=O)N1c1ccccc1C(F)(F)F)[C@H]1[C@H](c2cc(Br)ccc2OCc2ccc(Cl)cc2)c2sc(=O)[nH]c2S[C@H]31. The van der Waals surface area contributed by atoms with E-state index in [0.29, 0.717) is 17.2 Å². The molecule has 1 N–H and O–H groups in total. The van der Waals surface area contributed by atoms with Gasteiger partial charge in [0.05, 0.1) is 28.1 Å². The third-order valence-electron chi connectivity index (χ3n) is 9.79. The van der Waals surface area contributed by atoms with Crippen molar-refractivity contribution in [1.82, 2.24) is 4.98 Å². The van der Waals surface area contributed by atoms with E-state index in [9.17, 15) is 27.6 Å². The molecule has 7 atom stereocenters. The monoisotopic (exact) mass is 746 g/mol. The number of halogens is 5. The van der Waals surface area contributed by atoms with Crippen LogP contribution in [0.1, 0.15) is 33.9 Å². The minimum atomic E-state index is -4.73. The van der Waals surface area contributed by atoms with Crippen LogP contribution in [0.3, 0.4) is 0 Å². The molecular formula is C33H23BrClF3N2O4S2. The van der Waals surface area contributed by atoms with Crippen molar-refractivity contribution in [3.05, 3.63) is 107 Å². The molecule has 2 amide bonds. The summed E-state index contributed by atoms with van der Waals surface area (Å²) in [5.41, 5.74) is 0.332. The molecule has 2 aliphatic carbocycles. The van der Waals surface area contributed by atoms with Gasteiger partial charge in [0.2, 0.25) is 11.8 Å². The van der Waals surface area contributed by atoms with Gasteiger partial charge in [-0.25, -0.2) is 4.90 Å². The van der Waals surface area contributed by atoms with Crippen LogP contribution in [0.25, 0.3) is 0 Å². The summed E-state index contributed by atoms with van der Waals surface area (Å²) in [6.07, 6.45) is -4.12. The molecule has 8 rings (SSSR count). The van der Waals surface area contributed by atoms with Gasteiger partial charge in [-0.3, -0.25) is 14.4 Å². The molecule has 0 unspecified atom stereocenters. The molecule has 2 aliphatic heterocycles. The summed E-state index contributed by atoms with van der Waals surface area (Å²) in [6.45, 7) is 0.273. The number of thioether (sulfide) groups is 1. The van der Waals surface area contributed by atoms with Crippen molar-refractivity contribution < 1.29 is 27.5 Å². The van der Waals surface area contributed by atoms with E-state index in [1.54, 1.807) is 12.1 Å². The average Bonchev–Trinajstić information content (AvgIpc) is 3.75. The third-order valence-corrected chi connectivity index (χ3v) is 13.1. The number of fused-ring (bicyclic) bond motifs is 9. The number of imide groups is 1. The number of H-pyrrole nitrogens is 1. The van der Waals surface area contributed by atoms with Gasteiger partial charge in [-0.05, 0) is 72.2 Å². The molecule has 13 heteroatoms. The molecule has 2 saturated carbocycles. The highest BCUT2D eigenvalue weighted by Crippen LogP contribution is 2.69. The average molecular weight is 748 g/mol. The predicted molar refractivity (Wildman–Crippen MR) is 172 cm³/mol. The minimum absolute atomic E-state index is 0.133. The fourth-order valence-corrected chi connectivity index (χ4v) is 11.5. The number of alkyl halides is 3. The molecule has 1 aromatic heterocycles. The molecule has 46 heavy (non-hydrogen) atoms. The van der Waals surface area contributed by atoms with Gasteiger partial charge in [0.1, 0.15) is 12.4 Å². The van der Waals surface area contributed by atoms with E-state index < -0.39 is 41.1 Å². The van der Waals surface area contributed by atoms with Gasteiger partial charge in [-0.15, -0.1) is 11.8 Å². The second kappa shape index (κ2) is 11.0. The second-order valence-electron chi connectivity index (χ2n) is 12.1. The fourth-order valence-electron chi connectivity index (χ4n) is 8.15. The van der Waals surface area contributed by atoms with Gasteiger partial charge in [-0.1, -0.05) is 63.1 Å². The smallest absolute Gasteiger partial charge is 0.418 e. The predicted octanol–water partition coefficient (Wildman–Crippen LogP) is 8.13. The van der Waals surface area contributed by atoms with Crippen LogP contribution in [0.4, 0.5) is 18.9 Å². The van der Waals surface area contributed by atoms with Crippen molar-refractivity contribution in [2.75, 3.05) is 4.90 Å². The number of rotatable bonds is 5. The maximum Gasteiger partial charge on any atom is 0.418 e. The Bertz CT molecular complexity index is 1970. The highest BCUT2D eigenvalue weighted by Gasteiger charge is 2.70. The third kappa shape index (κ3) is 4.70. The number of hydrogen-bond acceptors (Lipinski definition) is 6. The zero-order chi connectivity index (χ0) is 32.1. The van der Waals surface area contributed by atoms with Crippen LogP contribution in [0.2, 0.25) is 5.02 Å². The number of carbonyl (C=O) groups excluding carboxylic acids is 2. The van der Waals surface area contributed by atoms with E-state index in [0.717, 1.165) is 47.8 Å². The molecule has 0 spiro atoms. The molecule has 3 fully saturated rings. The number of aromatic amines is 1. The number of aromatic nitrogens is 1. The van der Waals surface area contributed by atoms with E-state index in [-0.39, 0.29) is 40.4 Å². The number of thiazole rings is 1. The molecule has 2 bridgehead atoms. The molecule has 4 aromatic rings. The lowest BCUT2D eigenvalue weighted by molar-refractivity contribution is -0.137. The first-order chi connectivity index (χ1) is 22.0. The molecule has 6 nitrogen and oxygen atoms in total. The van der Waals surface area contributed by atoms with Crippen LogP contribution in [-0.2, 0) is 22.4 Å². The summed E-state index contributed by atoms with van der Waals surface area (Å²) in [5, 5.41) is 1.21. The van der Waals surface area contributed by atoms with Crippen molar-refractivity contribution >= 4 is 68.1 Å². The quantitative estimate of drug-likeness (QED) is 0.209. The van der Waals surface area contributed by atoms with Crippen molar-refractivity contribution in [1.29, 1.82) is 0 Å². The standard InChI is InChI=1S/C33H23BrClF3N2O4S2/c34-15-7-10-22(44-13-14-5-8-16(35)9-6-14)17(11-15)23-24-18-12-19(27(24)45-29-28(23)46-32(43)39-29)26-25(18)30(41)40(31(26)42)21-4-2-1-3-20(21)33(36,37)38/h1-11,18-19,23-27H,12-13H2,(H,39,43)/t18-,19-,23+,24+,25+,26+,27-/m1/s1. The summed E-state index contributed by atoms with van der Waals surface area (Å²) in [6, 6.07) is 17.8. The zero-order valence-corrected chi connectivity index (χ0v) is 27.6. The van der Waals surface area contributed by atoms with Crippen LogP contribution < -0.4 is 14.5 Å². The van der Waals surface area contributed by atoms with Crippen molar-refractivity contribution in [3.8, 4) is 5.75 Å². The summed E-state index contributed by atoms with van der Waals surface area (Å²) in [4.78, 5) is 45.1. The molecule has 1 saturated heterocycles. The summed E-state index contributed by atoms with van der Waals surface area (Å²) < 4.78 is 49.2. The Kier molecular flexibility index (Phi) is 7.24. The topological polar surface area (TPSA) is 79.5 Å². The lowest BCUT2D eigenvalue weighted by atomic mass is 9.68. The first-order valence-electron chi connectivity index (χ1n) is 14.6. The van der Waals surface area contributed by atoms with E-state index in [1.807, 2.05) is 30.3 Å². The minimum Gasteiger partial charge on any atom is -0.489 e. The van der Waals surface area contributed by atoms with E-state index in [4.69, 9.17) is 16.3 Å². The van der Waals surface area contributed by atoms with Crippen LogP contribution >= 0.6 is 50.6 Å². The zero-order valence-electron chi connectivity index (χ0n) is 23.6. The Labute approximate surface area is 282 Å². The van der Waals surface area contributed by atoms with Gasteiger partial charge in [0.25, 0.3) is 0 Å². The fraction of sp³-hybridized carbons (Fsp3) is 0.303. The lowest BCUT2D eigenvalue weighted by Gasteiger charge is -2.43. The van der Waals surface area contributed by atoms with Crippen LogP contribution in [0.15, 0.2) is 81.0 Å². The largest absolute Gasteiger partial charge is 0.489 e. The Morgan fingerprint density at radius 2 is 1.70 bits per heavy atom. The van der Waals surface area contributed by atoms with Crippen LogP contribution in [0, 0.1) is 29.6 Å². The summed E-state index contributed by atoms with van der Waals surface area (Å²) >= 11 is 12.3. The number of ether oxygens (including phenoxy) is 1. The summed E-state index contributed by atoms with van der Waals surface area (Å²) in [5.74, 6) is -3.00. The van der Waals surface area contributed by atoms with E-state index in [2.05, 4.69) is 20.9 Å². The van der Waals surface area contributed by atoms with E-state index >= 15 is 0 Å². The second-order valence-corrected chi connectivity index (χ2v) is 15.6. The van der Waals surface area contributed by atoms with Gasteiger partial charge in [0, 0.05) is 31.1 Å². The van der Waals surface area contributed by atoms with Crippen molar-refractivity contribution in [2.24, 2.45) is 29.6 Å². The number of nitrogens with zero attached hydrogens (tertiary/aromatic N) is 1. The number of nitrogens with one attached hydrogen (secondary N) is 1. The van der Waals surface area contributed by atoms with E-state index in [1.165, 1.54) is 30.0 Å². The number of amides is 2. The molecular weight excluding hydrogens is 725 g/mol. The molecule has 3 heterocycles. The number of hydrogen-bond donors (Lipinski definition) is 1. The van der Waals surface area contributed by atoms with Gasteiger partial charge < -0.3 is 9.72 Å². The molecule has 236 valence electrons. The van der Waals surface area contributed by atoms with Gasteiger partial charge in [-0.2, -0.15) is 13.2 Å². The number of benzene rings is 3. The number of para-hydroxylation sites is 1. The first-order valence-corrected chi connectivity index (χ1v) is 17.5. The highest BCUT2D eigenvalue weighted by molar-refractivity contribution is 9.10. The Morgan fingerprint density at radius 3 is 2.43 bits per heavy atom. The highest BCUT2D eigenvalue weighted by atomic mass is 79.9. The Hall–Kier alpha value is -3.06. The molecule has 3 aromatic carbocycles. The maximum atomic E-state index is 14.1. The van der Waals surface area contributed by atoms with Crippen LogP contribution in [0.5, 0.6) is 5.75 Å². The van der Waals surface area contributed by atoms with Gasteiger partial charge >= 0.3 is 11.0 Å². The maximum absolute atomic E-state index is 14.1. The normalized spacial score (nSPS) is 27.9. The summed E-state index contributed by atoms with van der Waals surface area (Å²) in [7, 11) is 0. The molecule has 0 radical (unpaired) electrons. The Morgan fingerprint density at radius 1 is 0.978 bits per heavy atom. The Balaban J connectivity index is 1.20. The molecule has 4 aliphatic rings. The lowest BCUT2D eigenvalue weighted by Crippen LogP contribution is -2.42.